The van der Waals surface area contributed by atoms with Gasteiger partial charge >= 0.3 is 0 Å². The largest absolute Gasteiger partial charge is 0.394 e. The summed E-state index contributed by atoms with van der Waals surface area (Å²) in [6.07, 6.45) is 1.78. The van der Waals surface area contributed by atoms with Gasteiger partial charge in [-0.15, -0.1) is 0 Å². The van der Waals surface area contributed by atoms with E-state index in [2.05, 4.69) is 26.1 Å². The molecule has 3 heteroatoms. The lowest BCUT2D eigenvalue weighted by atomic mass is 9.91. The molecule has 3 nitrogen and oxygen atoms in total. The van der Waals surface area contributed by atoms with Crippen LogP contribution in [0.15, 0.2) is 0 Å². The molecular weight excluding hydrogens is 178 g/mol. The summed E-state index contributed by atoms with van der Waals surface area (Å²) in [5, 5.41) is 21.2. The van der Waals surface area contributed by atoms with Crippen LogP contribution in [0.5, 0.6) is 0 Å². The Labute approximate surface area is 86.5 Å². The predicted octanol–water partition coefficient (Wildman–Crippen LogP) is 0.754. The standard InChI is InChI=1S/C11H23NO2/c1-8-4-11(2,3)5-10(8)12-6-9(14)7-13/h8-10,12-14H,4-7H2,1-3H3. The van der Waals surface area contributed by atoms with E-state index in [1.54, 1.807) is 0 Å². The average molecular weight is 201 g/mol. The fraction of sp³-hybridized carbons (Fsp3) is 1.00. The van der Waals surface area contributed by atoms with Gasteiger partial charge in [-0.05, 0) is 24.2 Å². The molecule has 1 saturated carbocycles. The molecule has 3 N–H and O–H groups in total. The third-order valence-electron chi connectivity index (χ3n) is 3.16. The molecule has 0 aromatic carbocycles. The predicted molar refractivity (Wildman–Crippen MR) is 57.1 cm³/mol. The first kappa shape index (κ1) is 12.0. The minimum atomic E-state index is -0.620. The Bertz CT molecular complexity index is 182. The molecule has 84 valence electrons. The SMILES string of the molecule is CC1CC(C)(C)CC1NCC(O)CO. The molecule has 0 radical (unpaired) electrons. The van der Waals surface area contributed by atoms with E-state index in [4.69, 9.17) is 5.11 Å². The molecule has 1 aliphatic rings. The molecule has 14 heavy (non-hydrogen) atoms. The van der Waals surface area contributed by atoms with E-state index in [-0.39, 0.29) is 6.61 Å². The number of aliphatic hydroxyl groups is 2. The molecule has 0 amide bonds. The van der Waals surface area contributed by atoms with Crippen LogP contribution in [0.4, 0.5) is 0 Å². The van der Waals surface area contributed by atoms with Crippen molar-refractivity contribution in [3.63, 3.8) is 0 Å². The lowest BCUT2D eigenvalue weighted by Crippen LogP contribution is -2.38. The van der Waals surface area contributed by atoms with Crippen molar-refractivity contribution in [3.05, 3.63) is 0 Å². The lowest BCUT2D eigenvalue weighted by Gasteiger charge is -2.19. The van der Waals surface area contributed by atoms with Gasteiger partial charge in [-0.1, -0.05) is 20.8 Å². The summed E-state index contributed by atoms with van der Waals surface area (Å²) in [6, 6.07) is 0.492. The van der Waals surface area contributed by atoms with E-state index in [1.807, 2.05) is 0 Å². The molecule has 3 unspecified atom stereocenters. The zero-order chi connectivity index (χ0) is 10.8. The first-order chi connectivity index (χ1) is 6.44. The zero-order valence-corrected chi connectivity index (χ0v) is 9.45. The Kier molecular flexibility index (Phi) is 3.93. The summed E-state index contributed by atoms with van der Waals surface area (Å²) in [7, 11) is 0. The summed E-state index contributed by atoms with van der Waals surface area (Å²) in [5.41, 5.74) is 0.418. The van der Waals surface area contributed by atoms with Gasteiger partial charge in [-0.25, -0.2) is 0 Å². The molecule has 0 spiro atoms. The van der Waals surface area contributed by atoms with Crippen LogP contribution in [-0.2, 0) is 0 Å². The van der Waals surface area contributed by atoms with E-state index in [1.165, 1.54) is 6.42 Å². The van der Waals surface area contributed by atoms with Gasteiger partial charge < -0.3 is 15.5 Å². The Morgan fingerprint density at radius 1 is 1.43 bits per heavy atom. The van der Waals surface area contributed by atoms with Crippen molar-refractivity contribution < 1.29 is 10.2 Å². The van der Waals surface area contributed by atoms with Gasteiger partial charge in [0.15, 0.2) is 0 Å². The molecule has 0 aromatic heterocycles. The average Bonchev–Trinajstić information content (AvgIpc) is 2.35. The van der Waals surface area contributed by atoms with Gasteiger partial charge in [0.05, 0.1) is 12.7 Å². The summed E-state index contributed by atoms with van der Waals surface area (Å²) >= 11 is 0. The monoisotopic (exact) mass is 201 g/mol. The number of rotatable bonds is 4. The van der Waals surface area contributed by atoms with Crippen LogP contribution in [0.25, 0.3) is 0 Å². The van der Waals surface area contributed by atoms with E-state index in [0.29, 0.717) is 23.9 Å². The highest BCUT2D eigenvalue weighted by molar-refractivity contribution is 4.91. The van der Waals surface area contributed by atoms with Crippen LogP contribution < -0.4 is 5.32 Å². The molecule has 0 bridgehead atoms. The number of aliphatic hydroxyl groups excluding tert-OH is 2. The second-order valence-electron chi connectivity index (χ2n) is 5.40. The third-order valence-corrected chi connectivity index (χ3v) is 3.16. The van der Waals surface area contributed by atoms with Crippen molar-refractivity contribution in [1.29, 1.82) is 0 Å². The maximum atomic E-state index is 9.22. The molecule has 0 aliphatic heterocycles. The number of nitrogens with one attached hydrogen (secondary N) is 1. The van der Waals surface area contributed by atoms with Crippen molar-refractivity contribution in [2.75, 3.05) is 13.2 Å². The third kappa shape index (κ3) is 3.23. The molecule has 0 aromatic rings. The molecule has 0 heterocycles. The van der Waals surface area contributed by atoms with Crippen LogP contribution in [-0.4, -0.2) is 35.5 Å². The molecular formula is C11H23NO2. The maximum Gasteiger partial charge on any atom is 0.0895 e. The van der Waals surface area contributed by atoms with Gasteiger partial charge in [0, 0.05) is 12.6 Å². The Hall–Kier alpha value is -0.120. The smallest absolute Gasteiger partial charge is 0.0895 e. The molecule has 1 aliphatic carbocycles. The number of hydrogen-bond donors (Lipinski definition) is 3. The van der Waals surface area contributed by atoms with Crippen LogP contribution in [0.1, 0.15) is 33.6 Å². The van der Waals surface area contributed by atoms with E-state index < -0.39 is 6.10 Å². The minimum absolute atomic E-state index is 0.155. The first-order valence-corrected chi connectivity index (χ1v) is 5.47. The van der Waals surface area contributed by atoms with Crippen molar-refractivity contribution in [1.82, 2.24) is 5.32 Å². The quantitative estimate of drug-likeness (QED) is 0.629. The van der Waals surface area contributed by atoms with Crippen molar-refractivity contribution >= 4 is 0 Å². The first-order valence-electron chi connectivity index (χ1n) is 5.47. The fourth-order valence-corrected chi connectivity index (χ4v) is 2.52. The topological polar surface area (TPSA) is 52.5 Å². The van der Waals surface area contributed by atoms with E-state index in [0.717, 1.165) is 6.42 Å². The zero-order valence-electron chi connectivity index (χ0n) is 9.45. The molecule has 0 saturated heterocycles. The Morgan fingerprint density at radius 3 is 2.50 bits per heavy atom. The second kappa shape index (κ2) is 4.60. The minimum Gasteiger partial charge on any atom is -0.394 e. The Balaban J connectivity index is 2.32. The van der Waals surface area contributed by atoms with Crippen molar-refractivity contribution in [3.8, 4) is 0 Å². The van der Waals surface area contributed by atoms with Crippen LogP contribution in [0.3, 0.4) is 0 Å². The normalized spacial score (nSPS) is 33.2. The number of hydrogen-bond acceptors (Lipinski definition) is 3. The van der Waals surface area contributed by atoms with Crippen LogP contribution >= 0.6 is 0 Å². The highest BCUT2D eigenvalue weighted by atomic mass is 16.3. The fourth-order valence-electron chi connectivity index (χ4n) is 2.52. The second-order valence-corrected chi connectivity index (χ2v) is 5.40. The van der Waals surface area contributed by atoms with Crippen molar-refractivity contribution in [2.24, 2.45) is 11.3 Å². The maximum absolute atomic E-state index is 9.22. The molecule has 1 rings (SSSR count). The van der Waals surface area contributed by atoms with Gasteiger partial charge in [0.1, 0.15) is 0 Å². The Morgan fingerprint density at radius 2 is 2.07 bits per heavy atom. The summed E-state index contributed by atoms with van der Waals surface area (Å²) in [5.74, 6) is 0.663. The highest BCUT2D eigenvalue weighted by Crippen LogP contribution is 2.40. The van der Waals surface area contributed by atoms with Crippen LogP contribution in [0.2, 0.25) is 0 Å². The molecule has 1 fully saturated rings. The molecule has 3 atom stereocenters. The van der Waals surface area contributed by atoms with E-state index in [9.17, 15) is 5.11 Å². The van der Waals surface area contributed by atoms with Gasteiger partial charge in [-0.2, -0.15) is 0 Å². The summed E-state index contributed by atoms with van der Waals surface area (Å²) in [4.78, 5) is 0. The highest BCUT2D eigenvalue weighted by Gasteiger charge is 2.36. The van der Waals surface area contributed by atoms with Crippen molar-refractivity contribution in [2.45, 2.75) is 45.8 Å². The van der Waals surface area contributed by atoms with Gasteiger partial charge in [-0.3, -0.25) is 0 Å². The van der Waals surface area contributed by atoms with Gasteiger partial charge in [0.25, 0.3) is 0 Å². The van der Waals surface area contributed by atoms with Gasteiger partial charge in [0.2, 0.25) is 0 Å². The summed E-state index contributed by atoms with van der Waals surface area (Å²) in [6.45, 7) is 7.16. The summed E-state index contributed by atoms with van der Waals surface area (Å²) < 4.78 is 0. The van der Waals surface area contributed by atoms with E-state index >= 15 is 0 Å². The van der Waals surface area contributed by atoms with Crippen LogP contribution in [0, 0.1) is 11.3 Å². The lowest BCUT2D eigenvalue weighted by molar-refractivity contribution is 0.0905.